The molecule has 0 fully saturated rings. The van der Waals surface area contributed by atoms with Crippen molar-refractivity contribution in [1.82, 2.24) is 19.7 Å². The molecule has 4 aromatic rings. The Morgan fingerprint density at radius 2 is 1.50 bits per heavy atom. The average Bonchev–Trinajstić information content (AvgIpc) is 2.95. The first-order chi connectivity index (χ1) is 12.6. The van der Waals surface area contributed by atoms with Crippen LogP contribution in [0.4, 0.5) is 11.5 Å². The van der Waals surface area contributed by atoms with Crippen molar-refractivity contribution in [2.24, 2.45) is 10.2 Å². The van der Waals surface area contributed by atoms with Gasteiger partial charge in [-0.3, -0.25) is 0 Å². The maximum atomic E-state index is 6.44. The SMILES string of the molecule is Cc1nn(-c2ccccc2)c(Cl)c1N=Nc1nc2ccccc2nc1Cl. The number of halogens is 2. The van der Waals surface area contributed by atoms with E-state index >= 15 is 0 Å². The molecular weight excluding hydrogens is 371 g/mol. The van der Waals surface area contributed by atoms with Crippen molar-refractivity contribution in [3.8, 4) is 5.69 Å². The van der Waals surface area contributed by atoms with Gasteiger partial charge in [-0.2, -0.15) is 5.10 Å². The van der Waals surface area contributed by atoms with Crippen LogP contribution in [0.1, 0.15) is 5.69 Å². The van der Waals surface area contributed by atoms with E-state index in [4.69, 9.17) is 23.2 Å². The van der Waals surface area contributed by atoms with Crippen molar-refractivity contribution < 1.29 is 0 Å². The van der Waals surface area contributed by atoms with E-state index in [2.05, 4.69) is 25.3 Å². The van der Waals surface area contributed by atoms with E-state index in [-0.39, 0.29) is 11.0 Å². The van der Waals surface area contributed by atoms with Crippen LogP contribution in [0.25, 0.3) is 16.7 Å². The highest BCUT2D eigenvalue weighted by atomic mass is 35.5. The van der Waals surface area contributed by atoms with E-state index in [9.17, 15) is 0 Å². The van der Waals surface area contributed by atoms with Crippen LogP contribution in [0.5, 0.6) is 0 Å². The lowest BCUT2D eigenvalue weighted by molar-refractivity contribution is 0.863. The maximum Gasteiger partial charge on any atom is 0.212 e. The Morgan fingerprint density at radius 1 is 0.846 bits per heavy atom. The highest BCUT2D eigenvalue weighted by molar-refractivity contribution is 6.32. The highest BCUT2D eigenvalue weighted by Gasteiger charge is 2.15. The van der Waals surface area contributed by atoms with Gasteiger partial charge in [0.25, 0.3) is 0 Å². The first-order valence-corrected chi connectivity index (χ1v) is 8.53. The molecular formula is C18H12Cl2N6. The van der Waals surface area contributed by atoms with Crippen LogP contribution in [0.15, 0.2) is 64.8 Å². The summed E-state index contributed by atoms with van der Waals surface area (Å²) in [6, 6.07) is 17.0. The summed E-state index contributed by atoms with van der Waals surface area (Å²) in [5.74, 6) is 0.230. The molecule has 6 nitrogen and oxygen atoms in total. The quantitative estimate of drug-likeness (QED) is 0.417. The number of hydrogen-bond acceptors (Lipinski definition) is 5. The summed E-state index contributed by atoms with van der Waals surface area (Å²) in [5.41, 5.74) is 3.33. The first kappa shape index (κ1) is 16.6. The minimum absolute atomic E-state index is 0.177. The molecule has 0 unspecified atom stereocenters. The minimum Gasteiger partial charge on any atom is -0.230 e. The average molecular weight is 383 g/mol. The number of fused-ring (bicyclic) bond motifs is 1. The van der Waals surface area contributed by atoms with Gasteiger partial charge in [0.15, 0.2) is 10.3 Å². The Kier molecular flexibility index (Phi) is 4.36. The molecule has 0 amide bonds. The van der Waals surface area contributed by atoms with Crippen molar-refractivity contribution in [2.75, 3.05) is 0 Å². The molecule has 2 aromatic heterocycles. The minimum atomic E-state index is 0.177. The van der Waals surface area contributed by atoms with Crippen LogP contribution in [0.3, 0.4) is 0 Å². The van der Waals surface area contributed by atoms with Crippen LogP contribution in [0.2, 0.25) is 10.3 Å². The molecule has 2 aromatic carbocycles. The number of nitrogens with zero attached hydrogens (tertiary/aromatic N) is 6. The Labute approximate surface area is 159 Å². The molecule has 0 spiro atoms. The van der Waals surface area contributed by atoms with Gasteiger partial charge in [0.05, 0.1) is 22.4 Å². The van der Waals surface area contributed by atoms with E-state index in [1.54, 1.807) is 4.68 Å². The summed E-state index contributed by atoms with van der Waals surface area (Å²) < 4.78 is 1.61. The standard InChI is InChI=1S/C18H12Cl2N6/c1-11-15(17(20)26(25-11)12-7-3-2-4-8-12)23-24-18-16(19)21-13-9-5-6-10-14(13)22-18/h2-10H,1H3. The number of para-hydroxylation sites is 3. The highest BCUT2D eigenvalue weighted by Crippen LogP contribution is 2.33. The number of benzene rings is 2. The van der Waals surface area contributed by atoms with Crippen molar-refractivity contribution in [3.05, 3.63) is 70.6 Å². The van der Waals surface area contributed by atoms with Gasteiger partial charge in [0, 0.05) is 0 Å². The van der Waals surface area contributed by atoms with Crippen molar-refractivity contribution in [3.63, 3.8) is 0 Å². The molecule has 8 heteroatoms. The summed E-state index contributed by atoms with van der Waals surface area (Å²) in [4.78, 5) is 8.67. The Bertz CT molecular complexity index is 1120. The zero-order valence-electron chi connectivity index (χ0n) is 13.6. The van der Waals surface area contributed by atoms with Gasteiger partial charge in [-0.15, -0.1) is 10.2 Å². The van der Waals surface area contributed by atoms with E-state index in [0.717, 1.165) is 5.69 Å². The molecule has 4 rings (SSSR count). The third-order valence-electron chi connectivity index (χ3n) is 3.73. The number of aryl methyl sites for hydroxylation is 1. The second kappa shape index (κ2) is 6.82. The maximum absolute atomic E-state index is 6.44. The fourth-order valence-corrected chi connectivity index (χ4v) is 2.96. The number of aromatic nitrogens is 4. The lowest BCUT2D eigenvalue weighted by Crippen LogP contribution is -1.95. The predicted molar refractivity (Wildman–Crippen MR) is 102 cm³/mol. The van der Waals surface area contributed by atoms with Gasteiger partial charge in [-0.1, -0.05) is 53.5 Å². The predicted octanol–water partition coefficient (Wildman–Crippen LogP) is 5.85. The smallest absolute Gasteiger partial charge is 0.212 e. The van der Waals surface area contributed by atoms with Gasteiger partial charge in [-0.25, -0.2) is 14.6 Å². The van der Waals surface area contributed by atoms with Crippen LogP contribution < -0.4 is 0 Å². The van der Waals surface area contributed by atoms with Gasteiger partial charge >= 0.3 is 0 Å². The molecule has 0 saturated heterocycles. The number of rotatable bonds is 3. The lowest BCUT2D eigenvalue weighted by Gasteiger charge is -2.01. The van der Waals surface area contributed by atoms with Crippen LogP contribution in [0, 0.1) is 6.92 Å². The van der Waals surface area contributed by atoms with Gasteiger partial charge in [0.2, 0.25) is 5.82 Å². The molecule has 0 aliphatic carbocycles. The second-order valence-electron chi connectivity index (χ2n) is 5.50. The molecule has 0 radical (unpaired) electrons. The van der Waals surface area contributed by atoms with Crippen molar-refractivity contribution in [2.45, 2.75) is 6.92 Å². The third-order valence-corrected chi connectivity index (χ3v) is 4.32. The molecule has 0 N–H and O–H groups in total. The summed E-state index contributed by atoms with van der Waals surface area (Å²) >= 11 is 12.6. The molecule has 0 atom stereocenters. The van der Waals surface area contributed by atoms with Gasteiger partial charge in [0.1, 0.15) is 5.69 Å². The van der Waals surface area contributed by atoms with Crippen LogP contribution >= 0.6 is 23.2 Å². The fourth-order valence-electron chi connectivity index (χ4n) is 2.47. The Hall–Kier alpha value is -2.83. The molecule has 0 aliphatic rings. The molecule has 0 aliphatic heterocycles. The molecule has 128 valence electrons. The van der Waals surface area contributed by atoms with Gasteiger partial charge in [-0.05, 0) is 31.2 Å². The Balaban J connectivity index is 1.74. The van der Waals surface area contributed by atoms with Crippen molar-refractivity contribution >= 4 is 45.7 Å². The summed E-state index contributed by atoms with van der Waals surface area (Å²) in [5, 5.41) is 13.3. The van der Waals surface area contributed by atoms with E-state index in [1.807, 2.05) is 61.5 Å². The molecule has 2 heterocycles. The fraction of sp³-hybridized carbons (Fsp3) is 0.0556. The number of azo groups is 1. The first-order valence-electron chi connectivity index (χ1n) is 7.78. The van der Waals surface area contributed by atoms with E-state index in [0.29, 0.717) is 27.6 Å². The van der Waals surface area contributed by atoms with Crippen LogP contribution in [-0.2, 0) is 0 Å². The Morgan fingerprint density at radius 3 is 2.23 bits per heavy atom. The zero-order valence-corrected chi connectivity index (χ0v) is 15.1. The second-order valence-corrected chi connectivity index (χ2v) is 6.21. The topological polar surface area (TPSA) is 68.3 Å². The third kappa shape index (κ3) is 3.05. The normalized spacial score (nSPS) is 11.5. The lowest BCUT2D eigenvalue weighted by atomic mass is 10.3. The van der Waals surface area contributed by atoms with E-state index < -0.39 is 0 Å². The summed E-state index contributed by atoms with van der Waals surface area (Å²) in [7, 11) is 0. The molecule has 0 bridgehead atoms. The molecule has 26 heavy (non-hydrogen) atoms. The van der Waals surface area contributed by atoms with Gasteiger partial charge < -0.3 is 0 Å². The largest absolute Gasteiger partial charge is 0.230 e. The summed E-state index contributed by atoms with van der Waals surface area (Å²) in [6.07, 6.45) is 0. The zero-order chi connectivity index (χ0) is 18.1. The number of hydrogen-bond donors (Lipinski definition) is 0. The summed E-state index contributed by atoms with van der Waals surface area (Å²) in [6.45, 7) is 1.81. The molecule has 0 saturated carbocycles. The van der Waals surface area contributed by atoms with E-state index in [1.165, 1.54) is 0 Å². The van der Waals surface area contributed by atoms with Crippen molar-refractivity contribution in [1.29, 1.82) is 0 Å². The monoisotopic (exact) mass is 382 g/mol. The van der Waals surface area contributed by atoms with Crippen LogP contribution in [-0.4, -0.2) is 19.7 Å².